The smallest absolute Gasteiger partial charge is 0.344 e. The van der Waals surface area contributed by atoms with E-state index in [4.69, 9.17) is 19.0 Å². The van der Waals surface area contributed by atoms with Gasteiger partial charge in [-0.15, -0.1) is 0 Å². The second kappa shape index (κ2) is 9.31. The summed E-state index contributed by atoms with van der Waals surface area (Å²) in [6.45, 7) is 1.42. The normalized spacial score (nSPS) is 12.1. The van der Waals surface area contributed by atoms with E-state index in [-0.39, 0.29) is 11.5 Å². The first-order chi connectivity index (χ1) is 14.3. The molecule has 156 valence electrons. The number of carbonyl (C=O) groups is 2. The Balaban J connectivity index is 1.71. The van der Waals surface area contributed by atoms with Crippen molar-refractivity contribution in [2.24, 2.45) is 5.10 Å². The fraction of sp³-hybridized carbons (Fsp3) is 0.150. The summed E-state index contributed by atoms with van der Waals surface area (Å²) >= 11 is 6.79. The summed E-state index contributed by atoms with van der Waals surface area (Å²) in [7, 11) is 1.44. The SMILES string of the molecule is COc1cc(/C=N\NC(=O)c2cc3cc(Br)cc(Br)c3o2)ccc1O[C@H](C)C(=O)O. The molecule has 1 aromatic heterocycles. The van der Waals surface area contributed by atoms with Crippen molar-refractivity contribution in [1.29, 1.82) is 0 Å². The van der Waals surface area contributed by atoms with Gasteiger partial charge in [0.15, 0.2) is 23.4 Å². The van der Waals surface area contributed by atoms with Crippen LogP contribution in [0.5, 0.6) is 11.5 Å². The molecule has 0 saturated carbocycles. The first-order valence-electron chi connectivity index (χ1n) is 8.58. The zero-order valence-electron chi connectivity index (χ0n) is 15.8. The van der Waals surface area contributed by atoms with Crippen molar-refractivity contribution in [2.45, 2.75) is 13.0 Å². The van der Waals surface area contributed by atoms with Gasteiger partial charge in [0.25, 0.3) is 0 Å². The quantitative estimate of drug-likeness (QED) is 0.336. The maximum Gasteiger partial charge on any atom is 0.344 e. The highest BCUT2D eigenvalue weighted by Crippen LogP contribution is 2.31. The number of carbonyl (C=O) groups excluding carboxylic acids is 1. The molecule has 1 atom stereocenters. The average molecular weight is 540 g/mol. The van der Waals surface area contributed by atoms with Crippen molar-refractivity contribution >= 4 is 60.9 Å². The van der Waals surface area contributed by atoms with Gasteiger partial charge in [-0.3, -0.25) is 4.79 Å². The fourth-order valence-electron chi connectivity index (χ4n) is 2.51. The molecule has 0 bridgehead atoms. The van der Waals surface area contributed by atoms with Gasteiger partial charge in [-0.05, 0) is 64.8 Å². The van der Waals surface area contributed by atoms with Gasteiger partial charge >= 0.3 is 11.9 Å². The predicted molar refractivity (Wildman–Crippen MR) is 117 cm³/mol. The first kappa shape index (κ1) is 21.8. The molecule has 2 N–H and O–H groups in total. The lowest BCUT2D eigenvalue weighted by atomic mass is 10.2. The average Bonchev–Trinajstić information content (AvgIpc) is 3.13. The molecular weight excluding hydrogens is 524 g/mol. The van der Waals surface area contributed by atoms with Crippen molar-refractivity contribution in [2.75, 3.05) is 7.11 Å². The van der Waals surface area contributed by atoms with Gasteiger partial charge in [0.2, 0.25) is 0 Å². The Morgan fingerprint density at radius 2 is 1.97 bits per heavy atom. The Morgan fingerprint density at radius 1 is 1.20 bits per heavy atom. The molecule has 1 heterocycles. The fourth-order valence-corrected chi connectivity index (χ4v) is 3.85. The van der Waals surface area contributed by atoms with Crippen LogP contribution in [0.1, 0.15) is 23.0 Å². The van der Waals surface area contributed by atoms with Crippen LogP contribution in [0, 0.1) is 0 Å². The van der Waals surface area contributed by atoms with Crippen molar-refractivity contribution in [3.8, 4) is 11.5 Å². The predicted octanol–water partition coefficient (Wildman–Crippen LogP) is 4.58. The van der Waals surface area contributed by atoms with Gasteiger partial charge in [0, 0.05) is 9.86 Å². The summed E-state index contributed by atoms with van der Waals surface area (Å²) in [5, 5.41) is 13.7. The number of nitrogens with one attached hydrogen (secondary N) is 1. The number of hydrazone groups is 1. The largest absolute Gasteiger partial charge is 0.493 e. The Hall–Kier alpha value is -2.85. The molecule has 8 nitrogen and oxygen atoms in total. The Bertz CT molecular complexity index is 1140. The molecule has 0 saturated heterocycles. The molecule has 0 spiro atoms. The first-order valence-corrected chi connectivity index (χ1v) is 10.2. The van der Waals surface area contributed by atoms with Crippen molar-refractivity contribution < 1.29 is 28.6 Å². The van der Waals surface area contributed by atoms with Crippen LogP contribution in [0.15, 0.2) is 54.9 Å². The zero-order chi connectivity index (χ0) is 21.8. The van der Waals surface area contributed by atoms with Gasteiger partial charge in [-0.1, -0.05) is 15.9 Å². The standard InChI is InChI=1S/C20H16Br2N2O6/c1-10(20(26)27)29-15-4-3-11(5-16(15)28-2)9-23-24-19(25)17-7-12-6-13(21)8-14(22)18(12)30-17/h3-10H,1-2H3,(H,24,25)(H,26,27)/b23-9-/t10-/m1/s1. The molecule has 30 heavy (non-hydrogen) atoms. The summed E-state index contributed by atoms with van der Waals surface area (Å²) < 4.78 is 17.7. The third-order valence-corrected chi connectivity index (χ3v) is 5.03. The highest BCUT2D eigenvalue weighted by molar-refractivity contribution is 9.11. The van der Waals surface area contributed by atoms with Crippen molar-refractivity contribution in [3.05, 3.63) is 56.7 Å². The Labute approximate surface area is 188 Å². The second-order valence-corrected chi connectivity index (χ2v) is 7.89. The van der Waals surface area contributed by atoms with Crippen LogP contribution >= 0.6 is 31.9 Å². The Morgan fingerprint density at radius 3 is 2.67 bits per heavy atom. The number of rotatable bonds is 7. The number of fused-ring (bicyclic) bond motifs is 1. The molecule has 0 unspecified atom stereocenters. The molecule has 0 fully saturated rings. The van der Waals surface area contributed by atoms with Gasteiger partial charge in [-0.2, -0.15) is 5.10 Å². The molecule has 0 aliphatic rings. The highest BCUT2D eigenvalue weighted by Gasteiger charge is 2.16. The number of ether oxygens (including phenoxy) is 2. The number of furan rings is 1. The number of aliphatic carboxylic acids is 1. The number of nitrogens with zero attached hydrogens (tertiary/aromatic N) is 1. The van der Waals surface area contributed by atoms with Crippen LogP contribution in [0.2, 0.25) is 0 Å². The topological polar surface area (TPSA) is 110 Å². The second-order valence-electron chi connectivity index (χ2n) is 6.12. The van der Waals surface area contributed by atoms with E-state index in [0.717, 1.165) is 14.3 Å². The minimum Gasteiger partial charge on any atom is -0.493 e. The maximum absolute atomic E-state index is 12.3. The molecule has 0 aliphatic carbocycles. The molecule has 2 aromatic carbocycles. The van der Waals surface area contributed by atoms with Gasteiger partial charge in [0.05, 0.1) is 17.8 Å². The third kappa shape index (κ3) is 5.00. The third-order valence-electron chi connectivity index (χ3n) is 3.98. The molecule has 3 rings (SSSR count). The van der Waals surface area contributed by atoms with Crippen LogP contribution in [-0.2, 0) is 4.79 Å². The summed E-state index contributed by atoms with van der Waals surface area (Å²) in [6.07, 6.45) is 0.391. The van der Waals surface area contributed by atoms with E-state index >= 15 is 0 Å². The molecule has 10 heteroatoms. The van der Waals surface area contributed by atoms with Crippen LogP contribution in [0.4, 0.5) is 0 Å². The van der Waals surface area contributed by atoms with Gasteiger partial charge in [0.1, 0.15) is 5.58 Å². The molecule has 1 amide bonds. The van der Waals surface area contributed by atoms with Gasteiger partial charge < -0.3 is 19.0 Å². The summed E-state index contributed by atoms with van der Waals surface area (Å²) in [5.74, 6) is -0.855. The molecule has 0 aliphatic heterocycles. The lowest BCUT2D eigenvalue weighted by Crippen LogP contribution is -2.23. The molecule has 3 aromatic rings. The lowest BCUT2D eigenvalue weighted by molar-refractivity contribution is -0.144. The summed E-state index contributed by atoms with van der Waals surface area (Å²) in [5.41, 5.74) is 3.57. The Kier molecular flexibility index (Phi) is 6.78. The minimum atomic E-state index is -1.09. The van der Waals surface area contributed by atoms with Crippen LogP contribution < -0.4 is 14.9 Å². The van der Waals surface area contributed by atoms with Crippen LogP contribution in [0.3, 0.4) is 0 Å². The van der Waals surface area contributed by atoms with Crippen molar-refractivity contribution in [3.63, 3.8) is 0 Å². The van der Waals surface area contributed by atoms with E-state index in [9.17, 15) is 9.59 Å². The number of benzene rings is 2. The number of halogens is 2. The maximum atomic E-state index is 12.3. The van der Waals surface area contributed by atoms with E-state index in [1.807, 2.05) is 12.1 Å². The number of hydrogen-bond donors (Lipinski definition) is 2. The monoisotopic (exact) mass is 538 g/mol. The van der Waals surface area contributed by atoms with E-state index in [0.29, 0.717) is 16.9 Å². The number of carboxylic acids is 1. The summed E-state index contributed by atoms with van der Waals surface area (Å²) in [4.78, 5) is 23.3. The number of methoxy groups -OCH3 is 1. The van der Waals surface area contributed by atoms with Crippen LogP contribution in [0.25, 0.3) is 11.0 Å². The number of carboxylic acid groups (broad SMARTS) is 1. The zero-order valence-corrected chi connectivity index (χ0v) is 19.0. The minimum absolute atomic E-state index is 0.116. The van der Waals surface area contributed by atoms with E-state index in [1.54, 1.807) is 24.3 Å². The molecule has 0 radical (unpaired) electrons. The summed E-state index contributed by atoms with van der Waals surface area (Å²) in [6, 6.07) is 10.1. The van der Waals surface area contributed by atoms with E-state index in [2.05, 4.69) is 42.4 Å². The van der Waals surface area contributed by atoms with E-state index in [1.165, 1.54) is 20.2 Å². The highest BCUT2D eigenvalue weighted by atomic mass is 79.9. The van der Waals surface area contributed by atoms with Gasteiger partial charge in [-0.25, -0.2) is 10.2 Å². The molecular formula is C20H16Br2N2O6. The number of hydrogen-bond acceptors (Lipinski definition) is 6. The lowest BCUT2D eigenvalue weighted by Gasteiger charge is -2.13. The van der Waals surface area contributed by atoms with Crippen molar-refractivity contribution in [1.82, 2.24) is 5.43 Å². The number of amides is 1. The van der Waals surface area contributed by atoms with E-state index < -0.39 is 18.0 Å². The van der Waals surface area contributed by atoms with Crippen LogP contribution in [-0.4, -0.2) is 36.4 Å².